The van der Waals surface area contributed by atoms with Crippen LogP contribution in [0.4, 0.5) is 22.7 Å². The molecule has 0 bridgehead atoms. The summed E-state index contributed by atoms with van der Waals surface area (Å²) >= 11 is 0. The van der Waals surface area contributed by atoms with Gasteiger partial charge in [0.2, 0.25) is 0 Å². The third-order valence-electron chi connectivity index (χ3n) is 3.37. The van der Waals surface area contributed by atoms with E-state index in [0.717, 1.165) is 0 Å². The van der Waals surface area contributed by atoms with Crippen molar-refractivity contribution in [2.24, 2.45) is 0 Å². The summed E-state index contributed by atoms with van der Waals surface area (Å²) in [5.74, 6) is 0. The van der Waals surface area contributed by atoms with Crippen molar-refractivity contribution in [2.45, 2.75) is 0 Å². The average Bonchev–Trinajstić information content (AvgIpc) is 2.96. The molecule has 0 unspecified atom stereocenters. The van der Waals surface area contributed by atoms with Crippen LogP contribution in [0, 0.1) is 20.8 Å². The summed E-state index contributed by atoms with van der Waals surface area (Å²) in [5.41, 5.74) is 1.40. The molecule has 10 nitrogen and oxygen atoms in total. The summed E-state index contributed by atoms with van der Waals surface area (Å²) in [6, 6.07) is 8.92. The Bertz CT molecular complexity index is 693. The minimum atomic E-state index is 0.0497. The van der Waals surface area contributed by atoms with Gasteiger partial charge in [0.15, 0.2) is 0 Å². The van der Waals surface area contributed by atoms with E-state index in [4.69, 9.17) is 0 Å². The predicted molar refractivity (Wildman–Crippen MR) is 77.4 cm³/mol. The average molecular weight is 302 g/mol. The van der Waals surface area contributed by atoms with Gasteiger partial charge >= 0.3 is 0 Å². The Hall–Kier alpha value is -2.60. The van der Waals surface area contributed by atoms with Gasteiger partial charge in [-0.1, -0.05) is 12.1 Å². The van der Waals surface area contributed by atoms with E-state index in [2.05, 4.69) is 9.88 Å². The van der Waals surface area contributed by atoms with Gasteiger partial charge in [0, 0.05) is 0 Å². The highest BCUT2D eigenvalue weighted by molar-refractivity contribution is 5.84. The largest absolute Gasteiger partial charge is 0.731 e. The van der Waals surface area contributed by atoms with Crippen molar-refractivity contribution >= 4 is 22.7 Å². The Labute approximate surface area is 123 Å². The summed E-state index contributed by atoms with van der Waals surface area (Å²) in [4.78, 5) is 8.71. The van der Waals surface area contributed by atoms with E-state index in [-0.39, 0.29) is 43.7 Å². The van der Waals surface area contributed by atoms with E-state index in [1.807, 2.05) is 0 Å². The zero-order valence-corrected chi connectivity index (χ0v) is 10.7. The lowest BCUT2D eigenvalue weighted by molar-refractivity contribution is 0.150. The van der Waals surface area contributed by atoms with Gasteiger partial charge in [-0.05, 0) is 35.4 Å². The van der Waals surface area contributed by atoms with E-state index in [1.165, 1.54) is 24.3 Å². The molecule has 22 heavy (non-hydrogen) atoms. The number of benzene rings is 2. The molecule has 2 heterocycles. The molecule has 0 fully saturated rings. The predicted octanol–water partition coefficient (Wildman–Crippen LogP) is 2.29. The zero-order valence-electron chi connectivity index (χ0n) is 10.7. The van der Waals surface area contributed by atoms with Crippen LogP contribution in [0.3, 0.4) is 0 Å². The molecular formula is C12H6N4O6-4. The molecule has 0 aliphatic carbocycles. The van der Waals surface area contributed by atoms with Crippen LogP contribution in [0.1, 0.15) is 0 Å². The van der Waals surface area contributed by atoms with Gasteiger partial charge in [-0.3, -0.25) is 20.9 Å². The molecule has 0 radical (unpaired) electrons. The molecule has 2 aliphatic heterocycles. The lowest BCUT2D eigenvalue weighted by Crippen LogP contribution is -2.17. The highest BCUT2D eigenvalue weighted by Gasteiger charge is 2.19. The summed E-state index contributed by atoms with van der Waals surface area (Å²) in [7, 11) is 0. The SMILES string of the molecule is [O-]N1ON([O-])c2cc(-c3ccc4c(c3)N([O-])ON4[O-])ccc21. The van der Waals surface area contributed by atoms with Gasteiger partial charge in [-0.25, -0.2) is 0 Å². The van der Waals surface area contributed by atoms with Crippen molar-refractivity contribution in [3.8, 4) is 11.1 Å². The van der Waals surface area contributed by atoms with Crippen LogP contribution in [0.15, 0.2) is 36.4 Å². The fraction of sp³-hybridized carbons (Fsp3) is 0. The van der Waals surface area contributed by atoms with E-state index < -0.39 is 0 Å². The number of nitrogens with zero attached hydrogens (tertiary/aromatic N) is 4. The molecule has 0 saturated carbocycles. The van der Waals surface area contributed by atoms with Gasteiger partial charge in [0.05, 0.1) is 22.7 Å². The highest BCUT2D eigenvalue weighted by atomic mass is 17.1. The third kappa shape index (κ3) is 1.77. The van der Waals surface area contributed by atoms with Gasteiger partial charge in [-0.2, -0.15) is 9.88 Å². The fourth-order valence-electron chi connectivity index (χ4n) is 2.32. The molecule has 0 N–H and O–H groups in total. The van der Waals surface area contributed by atoms with Crippen LogP contribution in [-0.4, -0.2) is 0 Å². The van der Waals surface area contributed by atoms with Crippen LogP contribution >= 0.6 is 0 Å². The topological polar surface area (TPSA) is 124 Å². The normalized spacial score (nSPS) is 16.4. The second-order valence-electron chi connectivity index (χ2n) is 4.60. The quantitative estimate of drug-likeness (QED) is 0.774. The standard InChI is InChI=1S/C12H6N4O6/c17-13-9-3-1-7(5-11(9)15(19)21-13)8-2-4-10-12(6-8)16(20)22-14(10)18/h1-6H/q-4. The number of rotatable bonds is 1. The summed E-state index contributed by atoms with van der Waals surface area (Å²) in [6.45, 7) is 0. The molecule has 114 valence electrons. The molecule has 0 amide bonds. The molecular weight excluding hydrogens is 296 g/mol. The summed E-state index contributed by atoms with van der Waals surface area (Å²) < 4.78 is 0. The molecule has 2 aliphatic rings. The van der Waals surface area contributed by atoms with Crippen molar-refractivity contribution in [2.75, 3.05) is 20.9 Å². The van der Waals surface area contributed by atoms with E-state index in [9.17, 15) is 20.8 Å². The maximum atomic E-state index is 11.5. The first-order valence-corrected chi connectivity index (χ1v) is 6.08. The number of anilines is 4. The first-order valence-electron chi connectivity index (χ1n) is 6.08. The Balaban J connectivity index is 1.78. The second kappa shape index (κ2) is 4.45. The van der Waals surface area contributed by atoms with Gasteiger partial charge < -0.3 is 20.8 Å². The van der Waals surface area contributed by atoms with Crippen molar-refractivity contribution < 1.29 is 9.88 Å². The van der Waals surface area contributed by atoms with Crippen molar-refractivity contribution in [1.82, 2.24) is 0 Å². The molecule has 0 aromatic heterocycles. The highest BCUT2D eigenvalue weighted by Crippen LogP contribution is 2.42. The minimum Gasteiger partial charge on any atom is -0.731 e. The second-order valence-corrected chi connectivity index (χ2v) is 4.60. The molecule has 2 aromatic carbocycles. The van der Waals surface area contributed by atoms with Crippen molar-refractivity contribution in [3.05, 3.63) is 57.2 Å². The van der Waals surface area contributed by atoms with E-state index in [0.29, 0.717) is 11.1 Å². The van der Waals surface area contributed by atoms with Gasteiger partial charge in [0.1, 0.15) is 0 Å². The third-order valence-corrected chi connectivity index (χ3v) is 3.37. The fourth-order valence-corrected chi connectivity index (χ4v) is 2.32. The lowest BCUT2D eigenvalue weighted by atomic mass is 10.0. The summed E-state index contributed by atoms with van der Waals surface area (Å²) in [5, 5.41) is 46.0. The van der Waals surface area contributed by atoms with E-state index in [1.54, 1.807) is 12.1 Å². The maximum absolute atomic E-state index is 11.5. The summed E-state index contributed by atoms with van der Waals surface area (Å²) in [6.07, 6.45) is 0. The Morgan fingerprint density at radius 2 is 0.909 bits per heavy atom. The molecule has 0 atom stereocenters. The van der Waals surface area contributed by atoms with Crippen LogP contribution in [0.2, 0.25) is 0 Å². The van der Waals surface area contributed by atoms with E-state index >= 15 is 0 Å². The van der Waals surface area contributed by atoms with Gasteiger partial charge in [-0.15, -0.1) is 0 Å². The Morgan fingerprint density at radius 3 is 1.32 bits per heavy atom. The number of hydrogen-bond donors (Lipinski definition) is 0. The minimum absolute atomic E-state index is 0.0497. The molecule has 2 aromatic rings. The van der Waals surface area contributed by atoms with Gasteiger partial charge in [0.25, 0.3) is 0 Å². The Morgan fingerprint density at radius 1 is 0.545 bits per heavy atom. The van der Waals surface area contributed by atoms with Crippen LogP contribution in [0.25, 0.3) is 11.1 Å². The van der Waals surface area contributed by atoms with Crippen LogP contribution in [-0.2, 0) is 9.88 Å². The molecule has 4 rings (SSSR count). The number of fused-ring (bicyclic) bond motifs is 2. The van der Waals surface area contributed by atoms with Crippen molar-refractivity contribution in [1.29, 1.82) is 0 Å². The Kier molecular flexibility index (Phi) is 2.65. The smallest absolute Gasteiger partial charge is 0.0790 e. The molecule has 0 saturated heterocycles. The number of hydrogen-bond acceptors (Lipinski definition) is 10. The molecule has 0 spiro atoms. The zero-order chi connectivity index (χ0) is 15.4. The van der Waals surface area contributed by atoms with Crippen molar-refractivity contribution in [3.63, 3.8) is 0 Å². The lowest BCUT2D eigenvalue weighted by Gasteiger charge is -2.26. The molecule has 10 heteroatoms. The first-order chi connectivity index (χ1) is 10.5. The monoisotopic (exact) mass is 302 g/mol. The van der Waals surface area contributed by atoms with Crippen LogP contribution in [0.5, 0.6) is 0 Å². The maximum Gasteiger partial charge on any atom is 0.0790 e. The van der Waals surface area contributed by atoms with Crippen LogP contribution < -0.4 is 20.9 Å². The first kappa shape index (κ1) is 13.1.